The van der Waals surface area contributed by atoms with E-state index in [1.165, 1.54) is 11.8 Å². The average Bonchev–Trinajstić information content (AvgIpc) is 2.61. The molecule has 1 aliphatic rings. The van der Waals surface area contributed by atoms with Crippen molar-refractivity contribution in [3.05, 3.63) is 59.2 Å². The number of ketones is 1. The Balaban J connectivity index is 2.08. The van der Waals surface area contributed by atoms with Gasteiger partial charge in [-0.15, -0.1) is 0 Å². The molecule has 1 aliphatic heterocycles. The van der Waals surface area contributed by atoms with Crippen LogP contribution in [0.15, 0.2) is 52.3 Å². The van der Waals surface area contributed by atoms with Gasteiger partial charge in [0.1, 0.15) is 6.04 Å². The van der Waals surface area contributed by atoms with Crippen molar-refractivity contribution in [2.45, 2.75) is 22.3 Å². The van der Waals surface area contributed by atoms with Gasteiger partial charge in [-0.2, -0.15) is 0 Å². The van der Waals surface area contributed by atoms with Gasteiger partial charge in [0.15, 0.2) is 5.78 Å². The molecule has 1 heterocycles. The number of hydrogen-bond donors (Lipinski definition) is 2. The maximum Gasteiger partial charge on any atom is 0.238 e. The van der Waals surface area contributed by atoms with Gasteiger partial charge in [0.25, 0.3) is 0 Å². The minimum absolute atomic E-state index is 0.0710. The molecule has 0 radical (unpaired) electrons. The highest BCUT2D eigenvalue weighted by Crippen LogP contribution is 2.37. The number of benzene rings is 2. The average molecular weight is 298 g/mol. The molecule has 0 bridgehead atoms. The minimum Gasteiger partial charge on any atom is -0.368 e. The molecule has 5 heteroatoms. The number of nitrogens with two attached hydrogens (primary N) is 2. The van der Waals surface area contributed by atoms with Gasteiger partial charge in [-0.1, -0.05) is 36.0 Å². The maximum absolute atomic E-state index is 12.3. The lowest BCUT2D eigenvalue weighted by atomic mass is 10.00. The van der Waals surface area contributed by atoms with Crippen LogP contribution in [0.1, 0.15) is 27.5 Å². The van der Waals surface area contributed by atoms with Crippen molar-refractivity contribution in [1.82, 2.24) is 0 Å². The molecule has 0 aliphatic carbocycles. The van der Waals surface area contributed by atoms with Crippen LogP contribution in [0.2, 0.25) is 0 Å². The highest BCUT2D eigenvalue weighted by molar-refractivity contribution is 7.99. The van der Waals surface area contributed by atoms with Gasteiger partial charge in [0, 0.05) is 21.8 Å². The number of amides is 1. The number of Topliss-reactive ketones (excluding diaryl/α,β-unsaturated/α-hetero) is 1. The van der Waals surface area contributed by atoms with Gasteiger partial charge in [-0.25, -0.2) is 0 Å². The lowest BCUT2D eigenvalue weighted by Crippen LogP contribution is -2.28. The Morgan fingerprint density at radius 3 is 2.67 bits per heavy atom. The van der Waals surface area contributed by atoms with Crippen molar-refractivity contribution < 1.29 is 9.59 Å². The van der Waals surface area contributed by atoms with E-state index in [0.717, 1.165) is 15.4 Å². The van der Waals surface area contributed by atoms with E-state index >= 15 is 0 Å². The lowest BCUT2D eigenvalue weighted by molar-refractivity contribution is -0.119. The van der Waals surface area contributed by atoms with Crippen LogP contribution in [-0.2, 0) is 11.2 Å². The standard InChI is InChI=1S/C16H14N2O2S/c17-15(16(18)20)10-5-6-11-12(19)7-9-3-1-2-4-13(9)21-14(11)8-10/h1-6,8,15H,7,17H2,(H2,18,20). The predicted molar refractivity (Wildman–Crippen MR) is 81.2 cm³/mol. The second kappa shape index (κ2) is 5.35. The third-order valence-corrected chi connectivity index (χ3v) is 4.69. The Hall–Kier alpha value is -2.11. The number of carbonyl (C=O) groups is 2. The van der Waals surface area contributed by atoms with Crippen LogP contribution in [-0.4, -0.2) is 11.7 Å². The minimum atomic E-state index is -0.857. The van der Waals surface area contributed by atoms with Gasteiger partial charge in [-0.05, 0) is 29.3 Å². The summed E-state index contributed by atoms with van der Waals surface area (Å²) < 4.78 is 0. The monoisotopic (exact) mass is 298 g/mol. The fraction of sp³-hybridized carbons (Fsp3) is 0.125. The molecular weight excluding hydrogens is 284 g/mol. The van der Waals surface area contributed by atoms with Crippen LogP contribution in [0.5, 0.6) is 0 Å². The molecule has 0 fully saturated rings. The number of carbonyl (C=O) groups excluding carboxylic acids is 2. The van der Waals surface area contributed by atoms with E-state index < -0.39 is 11.9 Å². The third kappa shape index (κ3) is 2.57. The normalized spacial score (nSPS) is 14.8. The van der Waals surface area contributed by atoms with E-state index in [2.05, 4.69) is 0 Å². The molecule has 0 saturated carbocycles. The topological polar surface area (TPSA) is 86.2 Å². The molecule has 0 spiro atoms. The summed E-state index contributed by atoms with van der Waals surface area (Å²) in [6.07, 6.45) is 0.386. The summed E-state index contributed by atoms with van der Waals surface area (Å²) in [6.45, 7) is 0. The van der Waals surface area contributed by atoms with Crippen molar-refractivity contribution >= 4 is 23.5 Å². The van der Waals surface area contributed by atoms with Crippen molar-refractivity contribution in [3.8, 4) is 0 Å². The number of hydrogen-bond acceptors (Lipinski definition) is 4. The Morgan fingerprint density at radius 1 is 1.14 bits per heavy atom. The summed E-state index contributed by atoms with van der Waals surface area (Å²) in [5.41, 5.74) is 13.3. The first-order chi connectivity index (χ1) is 10.1. The molecule has 21 heavy (non-hydrogen) atoms. The zero-order valence-corrected chi connectivity index (χ0v) is 12.0. The van der Waals surface area contributed by atoms with Crippen LogP contribution in [0.4, 0.5) is 0 Å². The summed E-state index contributed by atoms with van der Waals surface area (Å²) in [4.78, 5) is 25.4. The quantitative estimate of drug-likeness (QED) is 0.888. The molecule has 106 valence electrons. The molecule has 1 amide bonds. The van der Waals surface area contributed by atoms with Crippen molar-refractivity contribution in [2.24, 2.45) is 11.5 Å². The Morgan fingerprint density at radius 2 is 1.90 bits per heavy atom. The third-order valence-electron chi connectivity index (χ3n) is 3.52. The molecule has 2 aromatic rings. The number of primary amides is 1. The maximum atomic E-state index is 12.3. The van der Waals surface area contributed by atoms with E-state index in [9.17, 15) is 9.59 Å². The summed E-state index contributed by atoms with van der Waals surface area (Å²) >= 11 is 1.52. The predicted octanol–water partition coefficient (Wildman–Crippen LogP) is 2.06. The number of fused-ring (bicyclic) bond motifs is 2. The smallest absolute Gasteiger partial charge is 0.238 e. The van der Waals surface area contributed by atoms with E-state index in [0.29, 0.717) is 17.5 Å². The van der Waals surface area contributed by atoms with Crippen molar-refractivity contribution in [3.63, 3.8) is 0 Å². The fourth-order valence-electron chi connectivity index (χ4n) is 2.35. The Bertz CT molecular complexity index is 743. The summed E-state index contributed by atoms with van der Waals surface area (Å²) in [7, 11) is 0. The van der Waals surface area contributed by atoms with Gasteiger partial charge in [0.2, 0.25) is 5.91 Å². The van der Waals surface area contributed by atoms with Crippen LogP contribution < -0.4 is 11.5 Å². The summed E-state index contributed by atoms with van der Waals surface area (Å²) in [5.74, 6) is -0.512. The second-order valence-corrected chi connectivity index (χ2v) is 6.03. The van der Waals surface area contributed by atoms with Gasteiger partial charge in [0.05, 0.1) is 0 Å². The zero-order valence-electron chi connectivity index (χ0n) is 11.2. The SMILES string of the molecule is NC(=O)C(N)c1ccc2c(c1)Sc1ccccc1CC2=O. The molecule has 1 unspecified atom stereocenters. The van der Waals surface area contributed by atoms with Crippen molar-refractivity contribution in [1.29, 1.82) is 0 Å². The van der Waals surface area contributed by atoms with Crippen LogP contribution in [0, 0.1) is 0 Å². The molecule has 3 rings (SSSR count). The lowest BCUT2D eigenvalue weighted by Gasteiger charge is -2.11. The van der Waals surface area contributed by atoms with E-state index in [1.807, 2.05) is 24.3 Å². The first-order valence-corrected chi connectivity index (χ1v) is 7.35. The highest BCUT2D eigenvalue weighted by atomic mass is 32.2. The largest absolute Gasteiger partial charge is 0.368 e. The van der Waals surface area contributed by atoms with Crippen molar-refractivity contribution in [2.75, 3.05) is 0 Å². The molecule has 2 aromatic carbocycles. The van der Waals surface area contributed by atoms with E-state index in [-0.39, 0.29) is 5.78 Å². The molecule has 1 atom stereocenters. The second-order valence-electron chi connectivity index (χ2n) is 4.95. The first-order valence-electron chi connectivity index (χ1n) is 6.54. The molecule has 0 aromatic heterocycles. The molecule has 4 nitrogen and oxygen atoms in total. The number of rotatable bonds is 2. The van der Waals surface area contributed by atoms with Gasteiger partial charge in [-0.3, -0.25) is 9.59 Å². The van der Waals surface area contributed by atoms with Crippen LogP contribution >= 0.6 is 11.8 Å². The molecular formula is C16H14N2O2S. The summed E-state index contributed by atoms with van der Waals surface area (Å²) in [5, 5.41) is 0. The molecule has 0 saturated heterocycles. The van der Waals surface area contributed by atoms with E-state index in [1.54, 1.807) is 18.2 Å². The van der Waals surface area contributed by atoms with Gasteiger partial charge >= 0.3 is 0 Å². The first kappa shape index (κ1) is 13.9. The summed E-state index contributed by atoms with van der Waals surface area (Å²) in [6, 6.07) is 12.2. The Labute approximate surface area is 126 Å². The molecule has 4 N–H and O–H groups in total. The zero-order chi connectivity index (χ0) is 15.0. The highest BCUT2D eigenvalue weighted by Gasteiger charge is 2.22. The fourth-order valence-corrected chi connectivity index (χ4v) is 3.49. The van der Waals surface area contributed by atoms with Crippen LogP contribution in [0.25, 0.3) is 0 Å². The van der Waals surface area contributed by atoms with Crippen LogP contribution in [0.3, 0.4) is 0 Å². The van der Waals surface area contributed by atoms with E-state index in [4.69, 9.17) is 11.5 Å². The van der Waals surface area contributed by atoms with Gasteiger partial charge < -0.3 is 11.5 Å². The Kier molecular flexibility index (Phi) is 3.53.